The number of nitrogens with one attached hydrogen (secondary N) is 2. The molecule has 1 aromatic heterocycles. The normalized spacial score (nSPS) is 23.8. The Hall–Kier alpha value is -2.42. The van der Waals surface area contributed by atoms with Crippen LogP contribution in [0, 0.1) is 5.41 Å². The SMILES string of the molecule is CNC1(NC(=O)[C@@H]2C[C@@H](S(=O)(=O)c3ccc(-n4cnc(Cl)n4)cc3Cl)CN2C(=O)C2(C(F)(F)F)CC2)CC1. The zero-order chi connectivity index (χ0) is 27.7. The number of alkyl halides is 3. The molecule has 2 saturated carbocycles. The second-order valence-electron chi connectivity index (χ2n) is 9.85. The third-order valence-corrected chi connectivity index (χ3v) is 10.3. The number of hydrogen-bond acceptors (Lipinski definition) is 7. The number of sulfone groups is 1. The molecule has 1 saturated heterocycles. The van der Waals surface area contributed by atoms with Crippen LogP contribution in [0.4, 0.5) is 13.2 Å². The van der Waals surface area contributed by atoms with Crippen LogP contribution in [-0.4, -0.2) is 76.6 Å². The Morgan fingerprint density at radius 2 is 1.84 bits per heavy atom. The van der Waals surface area contributed by atoms with Crippen molar-refractivity contribution in [1.29, 1.82) is 0 Å². The molecule has 10 nitrogen and oxygen atoms in total. The highest BCUT2D eigenvalue weighted by atomic mass is 35.5. The lowest BCUT2D eigenvalue weighted by Gasteiger charge is -2.30. The molecule has 38 heavy (non-hydrogen) atoms. The van der Waals surface area contributed by atoms with Crippen molar-refractivity contribution in [2.45, 2.75) is 60.1 Å². The van der Waals surface area contributed by atoms with E-state index in [1.807, 2.05) is 0 Å². The summed E-state index contributed by atoms with van der Waals surface area (Å²) in [5.74, 6) is -1.98. The number of hydrogen-bond donors (Lipinski definition) is 2. The van der Waals surface area contributed by atoms with Gasteiger partial charge < -0.3 is 10.2 Å². The number of nitrogens with zero attached hydrogens (tertiary/aromatic N) is 4. The predicted octanol–water partition coefficient (Wildman–Crippen LogP) is 2.49. The summed E-state index contributed by atoms with van der Waals surface area (Å²) in [5.41, 5.74) is -2.94. The Labute approximate surface area is 225 Å². The second kappa shape index (κ2) is 9.07. The number of benzene rings is 1. The van der Waals surface area contributed by atoms with Crippen molar-refractivity contribution in [2.75, 3.05) is 13.6 Å². The molecule has 206 valence electrons. The number of aromatic nitrogens is 3. The fraction of sp³-hybridized carbons (Fsp3) is 0.545. The Bertz CT molecular complexity index is 1410. The smallest absolute Gasteiger partial charge is 0.336 e. The summed E-state index contributed by atoms with van der Waals surface area (Å²) in [4.78, 5) is 30.6. The van der Waals surface area contributed by atoms with Gasteiger partial charge in [0.1, 0.15) is 17.8 Å². The predicted molar refractivity (Wildman–Crippen MR) is 129 cm³/mol. The van der Waals surface area contributed by atoms with Gasteiger partial charge in [0.25, 0.3) is 0 Å². The monoisotopic (exact) mass is 594 g/mol. The van der Waals surface area contributed by atoms with E-state index in [1.54, 1.807) is 7.05 Å². The number of carbonyl (C=O) groups excluding carboxylic acids is 2. The lowest BCUT2D eigenvalue weighted by Crippen LogP contribution is -2.55. The van der Waals surface area contributed by atoms with Gasteiger partial charge in [0.05, 0.1) is 26.5 Å². The molecule has 2 aliphatic carbocycles. The van der Waals surface area contributed by atoms with E-state index in [0.29, 0.717) is 18.5 Å². The van der Waals surface area contributed by atoms with Crippen molar-refractivity contribution in [3.63, 3.8) is 0 Å². The van der Waals surface area contributed by atoms with E-state index < -0.39 is 69.6 Å². The van der Waals surface area contributed by atoms with E-state index in [9.17, 15) is 31.2 Å². The van der Waals surface area contributed by atoms with Crippen molar-refractivity contribution in [1.82, 2.24) is 30.3 Å². The minimum atomic E-state index is -4.81. The molecule has 3 aliphatic rings. The topological polar surface area (TPSA) is 126 Å². The molecule has 3 fully saturated rings. The Morgan fingerprint density at radius 3 is 2.34 bits per heavy atom. The maximum atomic E-state index is 13.8. The van der Waals surface area contributed by atoms with Crippen LogP contribution >= 0.6 is 23.2 Å². The third-order valence-electron chi connectivity index (χ3n) is 7.51. The Kier molecular flexibility index (Phi) is 6.48. The average molecular weight is 595 g/mol. The van der Waals surface area contributed by atoms with Gasteiger partial charge in [0.15, 0.2) is 9.84 Å². The standard InChI is InChI=1S/C22H23Cl2F3N6O4S/c1-28-21(6-7-21)30-17(34)15-9-13(10-32(15)18(35)20(4-5-20)22(25,26)27)38(36,37)16-3-2-12(8-14(16)23)33-11-29-19(24)31-33/h2-3,8,11,13,15,28H,4-7,9-10H2,1H3,(H,30,34)/t13-,15+/m1/s1. The second-order valence-corrected chi connectivity index (χ2v) is 12.8. The molecule has 5 rings (SSSR count). The van der Waals surface area contributed by atoms with Crippen molar-refractivity contribution in [2.24, 2.45) is 5.41 Å². The van der Waals surface area contributed by atoms with E-state index in [0.717, 1.165) is 4.90 Å². The summed E-state index contributed by atoms with van der Waals surface area (Å²) in [6.07, 6.45) is -3.49. The molecule has 1 aliphatic heterocycles. The molecule has 2 N–H and O–H groups in total. The van der Waals surface area contributed by atoms with Crippen LogP contribution in [0.5, 0.6) is 0 Å². The van der Waals surface area contributed by atoms with Gasteiger partial charge >= 0.3 is 6.18 Å². The molecule has 0 unspecified atom stereocenters. The fourth-order valence-electron chi connectivity index (χ4n) is 4.81. The number of halogens is 5. The first-order chi connectivity index (χ1) is 17.7. The van der Waals surface area contributed by atoms with Gasteiger partial charge in [-0.1, -0.05) is 11.6 Å². The third kappa shape index (κ3) is 4.54. The maximum Gasteiger partial charge on any atom is 0.403 e. The van der Waals surface area contributed by atoms with Gasteiger partial charge in [0, 0.05) is 6.54 Å². The van der Waals surface area contributed by atoms with Gasteiger partial charge in [-0.05, 0) is 69.0 Å². The molecule has 2 atom stereocenters. The molecule has 16 heteroatoms. The molecule has 2 amide bonds. The Balaban J connectivity index is 1.45. The van der Waals surface area contributed by atoms with Crippen LogP contribution in [0.1, 0.15) is 32.1 Å². The van der Waals surface area contributed by atoms with Crippen LogP contribution in [-0.2, 0) is 19.4 Å². The van der Waals surface area contributed by atoms with E-state index >= 15 is 0 Å². The summed E-state index contributed by atoms with van der Waals surface area (Å²) in [6, 6.07) is 2.59. The number of likely N-dealkylation sites (tertiary alicyclic amines) is 1. The van der Waals surface area contributed by atoms with Crippen LogP contribution in [0.25, 0.3) is 5.69 Å². The van der Waals surface area contributed by atoms with Crippen molar-refractivity contribution >= 4 is 44.9 Å². The van der Waals surface area contributed by atoms with Crippen LogP contribution in [0.2, 0.25) is 10.3 Å². The quantitative estimate of drug-likeness (QED) is 0.472. The minimum absolute atomic E-state index is 0.0311. The summed E-state index contributed by atoms with van der Waals surface area (Å²) in [6.45, 7) is -0.569. The van der Waals surface area contributed by atoms with Gasteiger partial charge in [-0.2, -0.15) is 13.2 Å². The van der Waals surface area contributed by atoms with Gasteiger partial charge in [0.2, 0.25) is 17.1 Å². The molecule has 0 spiro atoms. The fourth-order valence-corrected chi connectivity index (χ4v) is 7.17. The van der Waals surface area contributed by atoms with Crippen LogP contribution < -0.4 is 10.6 Å². The zero-order valence-electron chi connectivity index (χ0n) is 19.9. The van der Waals surface area contributed by atoms with E-state index in [4.69, 9.17) is 23.2 Å². The van der Waals surface area contributed by atoms with E-state index in [-0.39, 0.29) is 21.6 Å². The van der Waals surface area contributed by atoms with Gasteiger partial charge in [-0.3, -0.25) is 14.9 Å². The first-order valence-electron chi connectivity index (χ1n) is 11.7. The molecule has 2 aromatic rings. The zero-order valence-corrected chi connectivity index (χ0v) is 22.3. The maximum absolute atomic E-state index is 13.8. The van der Waals surface area contributed by atoms with Crippen LogP contribution in [0.15, 0.2) is 29.4 Å². The Morgan fingerprint density at radius 1 is 1.16 bits per heavy atom. The average Bonchev–Trinajstić information content (AvgIpc) is 3.73. The van der Waals surface area contributed by atoms with E-state index in [1.165, 1.54) is 29.2 Å². The van der Waals surface area contributed by atoms with Crippen molar-refractivity contribution in [3.05, 3.63) is 34.8 Å². The molecular formula is C22H23Cl2F3N6O4S. The highest BCUT2D eigenvalue weighted by Crippen LogP contribution is 2.59. The van der Waals surface area contributed by atoms with Crippen molar-refractivity contribution < 1.29 is 31.2 Å². The highest BCUT2D eigenvalue weighted by molar-refractivity contribution is 7.92. The number of amides is 2. The molecule has 0 bridgehead atoms. The van der Waals surface area contributed by atoms with Gasteiger partial charge in [-0.15, -0.1) is 5.10 Å². The summed E-state index contributed by atoms with van der Waals surface area (Å²) in [5, 5.41) is 8.05. The minimum Gasteiger partial charge on any atom is -0.336 e. The van der Waals surface area contributed by atoms with Crippen molar-refractivity contribution in [3.8, 4) is 5.69 Å². The molecule has 2 heterocycles. The van der Waals surface area contributed by atoms with Crippen LogP contribution in [0.3, 0.4) is 0 Å². The largest absolute Gasteiger partial charge is 0.403 e. The first kappa shape index (κ1) is 27.2. The molecule has 1 aromatic carbocycles. The van der Waals surface area contributed by atoms with Gasteiger partial charge in [-0.25, -0.2) is 18.1 Å². The highest BCUT2D eigenvalue weighted by Gasteiger charge is 2.70. The summed E-state index contributed by atoms with van der Waals surface area (Å²) < 4.78 is 69.8. The lowest BCUT2D eigenvalue weighted by atomic mass is 10.0. The summed E-state index contributed by atoms with van der Waals surface area (Å²) in [7, 11) is -2.64. The lowest BCUT2D eigenvalue weighted by molar-refractivity contribution is -0.199. The molecular weight excluding hydrogens is 572 g/mol. The molecule has 0 radical (unpaired) electrons. The number of rotatable bonds is 7. The number of carbonyl (C=O) groups is 2. The summed E-state index contributed by atoms with van der Waals surface area (Å²) >= 11 is 12.0. The first-order valence-corrected chi connectivity index (χ1v) is 14.0. The van der Waals surface area contributed by atoms with E-state index in [2.05, 4.69) is 20.7 Å².